The van der Waals surface area contributed by atoms with Gasteiger partial charge in [0, 0.05) is 43.4 Å². The number of rotatable bonds is 3. The Labute approximate surface area is 158 Å². The van der Waals surface area contributed by atoms with Gasteiger partial charge >= 0.3 is 0 Å². The molecule has 0 spiro atoms. The van der Waals surface area contributed by atoms with Crippen molar-refractivity contribution in [2.45, 2.75) is 4.90 Å². The third-order valence-corrected chi connectivity index (χ3v) is 6.74. The first-order valence-corrected chi connectivity index (χ1v) is 10.1. The lowest BCUT2D eigenvalue weighted by atomic mass is 10.2. The molecule has 6 nitrogen and oxygen atoms in total. The van der Waals surface area contributed by atoms with E-state index in [0.29, 0.717) is 37.3 Å². The van der Waals surface area contributed by atoms with Crippen LogP contribution in [-0.2, 0) is 10.0 Å². The van der Waals surface area contributed by atoms with E-state index in [0.717, 1.165) is 11.1 Å². The summed E-state index contributed by atoms with van der Waals surface area (Å²) in [5.41, 5.74) is 2.12. The molecule has 136 valence electrons. The summed E-state index contributed by atoms with van der Waals surface area (Å²) < 4.78 is 27.8. The lowest BCUT2D eigenvalue weighted by Crippen LogP contribution is -2.48. The molecule has 1 aromatic heterocycles. The van der Waals surface area contributed by atoms with Crippen LogP contribution in [0.1, 0.15) is 5.56 Å². The Morgan fingerprint density at radius 1 is 0.926 bits per heavy atom. The zero-order valence-electron chi connectivity index (χ0n) is 14.6. The van der Waals surface area contributed by atoms with Crippen LogP contribution in [-0.4, -0.2) is 43.9 Å². The molecule has 27 heavy (non-hydrogen) atoms. The van der Waals surface area contributed by atoms with E-state index in [9.17, 15) is 8.42 Å². The van der Waals surface area contributed by atoms with Gasteiger partial charge in [-0.25, -0.2) is 8.42 Å². The van der Waals surface area contributed by atoms with Gasteiger partial charge in [0.15, 0.2) is 0 Å². The van der Waals surface area contributed by atoms with Crippen molar-refractivity contribution in [3.63, 3.8) is 0 Å². The lowest BCUT2D eigenvalue weighted by Gasteiger charge is -2.35. The van der Waals surface area contributed by atoms with Crippen LogP contribution < -0.4 is 4.90 Å². The predicted octanol–water partition coefficient (Wildman–Crippen LogP) is 2.62. The largest absolute Gasteiger partial charge is 0.369 e. The van der Waals surface area contributed by atoms with Crippen LogP contribution in [0.15, 0.2) is 65.7 Å². The number of nitrogens with zero attached hydrogens (tertiary/aromatic N) is 4. The van der Waals surface area contributed by atoms with Crippen molar-refractivity contribution in [2.75, 3.05) is 31.1 Å². The van der Waals surface area contributed by atoms with Crippen LogP contribution in [0.2, 0.25) is 0 Å². The highest BCUT2D eigenvalue weighted by atomic mass is 32.2. The van der Waals surface area contributed by atoms with Gasteiger partial charge in [0.2, 0.25) is 10.0 Å². The minimum atomic E-state index is -3.60. The molecule has 0 unspecified atom stereocenters. The molecule has 0 bridgehead atoms. The number of anilines is 1. The topological polar surface area (TPSA) is 77.3 Å². The fraction of sp³-hybridized carbons (Fsp3) is 0.200. The summed E-state index contributed by atoms with van der Waals surface area (Å²) in [4.78, 5) is 6.67. The molecular weight excluding hydrogens is 360 g/mol. The van der Waals surface area contributed by atoms with Gasteiger partial charge < -0.3 is 4.90 Å². The summed E-state index contributed by atoms with van der Waals surface area (Å²) in [6.07, 6.45) is 1.62. The summed E-state index contributed by atoms with van der Waals surface area (Å²) in [6, 6.07) is 18.4. The van der Waals surface area contributed by atoms with Crippen molar-refractivity contribution in [1.82, 2.24) is 9.29 Å². The molecule has 2 heterocycles. The van der Waals surface area contributed by atoms with Gasteiger partial charge in [-0.1, -0.05) is 18.2 Å². The first-order chi connectivity index (χ1) is 13.1. The number of sulfonamides is 1. The van der Waals surface area contributed by atoms with Crippen molar-refractivity contribution in [3.05, 3.63) is 66.4 Å². The third kappa shape index (κ3) is 3.25. The van der Waals surface area contributed by atoms with E-state index in [-0.39, 0.29) is 4.90 Å². The number of aromatic nitrogens is 1. The van der Waals surface area contributed by atoms with E-state index in [1.807, 2.05) is 24.3 Å². The maximum absolute atomic E-state index is 13.2. The molecule has 0 aliphatic carbocycles. The van der Waals surface area contributed by atoms with Crippen molar-refractivity contribution in [1.29, 1.82) is 5.26 Å². The predicted molar refractivity (Wildman–Crippen MR) is 104 cm³/mol. The number of hydrogen-bond acceptors (Lipinski definition) is 5. The quantitative estimate of drug-likeness (QED) is 0.700. The number of para-hydroxylation sites is 1. The minimum absolute atomic E-state index is 0.257. The van der Waals surface area contributed by atoms with E-state index in [1.165, 1.54) is 4.31 Å². The molecule has 0 atom stereocenters. The molecule has 2 aromatic carbocycles. The molecule has 1 saturated heterocycles. The Bertz CT molecular complexity index is 1110. The van der Waals surface area contributed by atoms with Crippen LogP contribution in [0.5, 0.6) is 0 Å². The summed E-state index contributed by atoms with van der Waals surface area (Å²) in [5, 5.41) is 9.72. The summed E-state index contributed by atoms with van der Waals surface area (Å²) in [7, 11) is -3.60. The van der Waals surface area contributed by atoms with Crippen LogP contribution in [0.25, 0.3) is 10.9 Å². The molecule has 0 amide bonds. The molecule has 0 saturated carbocycles. The molecular formula is C20H18N4O2S. The zero-order valence-corrected chi connectivity index (χ0v) is 15.4. The second-order valence-electron chi connectivity index (χ2n) is 6.38. The Kier molecular flexibility index (Phi) is 4.52. The molecule has 1 aliphatic rings. The van der Waals surface area contributed by atoms with E-state index in [1.54, 1.807) is 36.5 Å². The number of benzene rings is 2. The maximum atomic E-state index is 13.2. The zero-order chi connectivity index (χ0) is 18.9. The monoisotopic (exact) mass is 378 g/mol. The normalized spacial score (nSPS) is 15.6. The van der Waals surface area contributed by atoms with Crippen molar-refractivity contribution >= 4 is 26.6 Å². The lowest BCUT2D eigenvalue weighted by molar-refractivity contribution is 0.385. The van der Waals surface area contributed by atoms with E-state index >= 15 is 0 Å². The molecule has 0 N–H and O–H groups in total. The highest BCUT2D eigenvalue weighted by Gasteiger charge is 2.30. The fourth-order valence-corrected chi connectivity index (χ4v) is 4.94. The Hall–Kier alpha value is -2.95. The van der Waals surface area contributed by atoms with Gasteiger partial charge in [0.05, 0.1) is 17.1 Å². The van der Waals surface area contributed by atoms with Crippen molar-refractivity contribution in [3.8, 4) is 6.07 Å². The first-order valence-electron chi connectivity index (χ1n) is 8.68. The van der Waals surface area contributed by atoms with Crippen LogP contribution in [0, 0.1) is 11.3 Å². The van der Waals surface area contributed by atoms with Crippen LogP contribution in [0.3, 0.4) is 0 Å². The number of nitriles is 1. The van der Waals surface area contributed by atoms with Gasteiger partial charge in [-0.3, -0.25) is 4.98 Å². The molecule has 0 radical (unpaired) electrons. The second kappa shape index (κ2) is 6.99. The third-order valence-electron chi connectivity index (χ3n) is 4.81. The second-order valence-corrected chi connectivity index (χ2v) is 8.29. The Morgan fingerprint density at radius 3 is 2.33 bits per heavy atom. The average Bonchev–Trinajstić information content (AvgIpc) is 2.73. The fourth-order valence-electron chi connectivity index (χ4n) is 3.36. The van der Waals surface area contributed by atoms with Gasteiger partial charge in [0.25, 0.3) is 0 Å². The van der Waals surface area contributed by atoms with Crippen LogP contribution >= 0.6 is 0 Å². The Morgan fingerprint density at radius 2 is 1.63 bits per heavy atom. The minimum Gasteiger partial charge on any atom is -0.369 e. The summed E-state index contributed by atoms with van der Waals surface area (Å²) >= 11 is 0. The highest BCUT2D eigenvalue weighted by molar-refractivity contribution is 7.89. The first kappa shape index (κ1) is 17.5. The summed E-state index contributed by atoms with van der Waals surface area (Å²) in [5.74, 6) is 0. The standard InChI is InChI=1S/C20H18N4O2S/c21-15-16-6-8-18(9-7-16)23-11-13-24(14-12-23)27(25,26)19-5-1-3-17-4-2-10-22-20(17)19/h1-10H,11-14H2. The van der Waals surface area contributed by atoms with Gasteiger partial charge in [0.1, 0.15) is 4.90 Å². The van der Waals surface area contributed by atoms with Crippen LogP contribution in [0.4, 0.5) is 5.69 Å². The molecule has 3 aromatic rings. The van der Waals surface area contributed by atoms with Gasteiger partial charge in [-0.15, -0.1) is 0 Å². The number of piperazine rings is 1. The van der Waals surface area contributed by atoms with Gasteiger partial charge in [-0.2, -0.15) is 9.57 Å². The SMILES string of the molecule is N#Cc1ccc(N2CCN(S(=O)(=O)c3cccc4cccnc34)CC2)cc1. The molecule has 1 aliphatic heterocycles. The van der Waals surface area contributed by atoms with E-state index in [4.69, 9.17) is 5.26 Å². The molecule has 1 fully saturated rings. The van der Waals surface area contributed by atoms with Crippen molar-refractivity contribution < 1.29 is 8.42 Å². The van der Waals surface area contributed by atoms with Crippen molar-refractivity contribution in [2.24, 2.45) is 0 Å². The molecule has 4 rings (SSSR count). The highest BCUT2D eigenvalue weighted by Crippen LogP contribution is 2.26. The maximum Gasteiger partial charge on any atom is 0.245 e. The number of hydrogen-bond donors (Lipinski definition) is 0. The number of fused-ring (bicyclic) bond motifs is 1. The molecule has 7 heteroatoms. The summed E-state index contributed by atoms with van der Waals surface area (Å²) in [6.45, 7) is 2.02. The smallest absolute Gasteiger partial charge is 0.245 e. The van der Waals surface area contributed by atoms with E-state index in [2.05, 4.69) is 16.0 Å². The average molecular weight is 378 g/mol. The van der Waals surface area contributed by atoms with E-state index < -0.39 is 10.0 Å². The Balaban J connectivity index is 1.55. The van der Waals surface area contributed by atoms with Gasteiger partial charge in [-0.05, 0) is 36.4 Å². The number of pyridine rings is 1.